The number of amides is 2. The average molecular weight is 586 g/mol. The van der Waals surface area contributed by atoms with E-state index in [0.29, 0.717) is 11.5 Å². The van der Waals surface area contributed by atoms with Gasteiger partial charge in [-0.2, -0.15) is 0 Å². The van der Waals surface area contributed by atoms with Crippen LogP contribution in [0.2, 0.25) is 0 Å². The van der Waals surface area contributed by atoms with Gasteiger partial charge in [0.1, 0.15) is 24.1 Å². The van der Waals surface area contributed by atoms with Gasteiger partial charge < -0.3 is 15.0 Å². The van der Waals surface area contributed by atoms with Crippen LogP contribution in [0.4, 0.5) is 5.69 Å². The summed E-state index contributed by atoms with van der Waals surface area (Å²) >= 11 is 0. The van der Waals surface area contributed by atoms with Gasteiger partial charge in [0.05, 0.1) is 10.6 Å². The van der Waals surface area contributed by atoms with Crippen LogP contribution in [-0.4, -0.2) is 44.8 Å². The lowest BCUT2D eigenvalue weighted by atomic mass is 10.1. The first-order valence-corrected chi connectivity index (χ1v) is 15.0. The molecule has 9 heteroatoms. The molecule has 0 spiro atoms. The number of ether oxygens (including phenoxy) is 1. The van der Waals surface area contributed by atoms with Crippen molar-refractivity contribution in [2.24, 2.45) is 0 Å². The minimum Gasteiger partial charge on any atom is -0.457 e. The summed E-state index contributed by atoms with van der Waals surface area (Å²) in [6.45, 7) is 5.06. The Morgan fingerprint density at radius 2 is 1.45 bits per heavy atom. The van der Waals surface area contributed by atoms with Gasteiger partial charge in [-0.15, -0.1) is 0 Å². The third kappa shape index (κ3) is 7.36. The first-order valence-electron chi connectivity index (χ1n) is 13.6. The van der Waals surface area contributed by atoms with Gasteiger partial charge in [0.25, 0.3) is 10.0 Å². The molecule has 0 heterocycles. The van der Waals surface area contributed by atoms with Crippen molar-refractivity contribution in [3.8, 4) is 11.5 Å². The lowest BCUT2D eigenvalue weighted by Gasteiger charge is -2.32. The molecule has 4 rings (SSSR count). The van der Waals surface area contributed by atoms with Crippen molar-refractivity contribution in [1.29, 1.82) is 0 Å². The summed E-state index contributed by atoms with van der Waals surface area (Å²) in [7, 11) is -2.66. The number of nitrogens with zero attached hydrogens (tertiary/aromatic N) is 2. The van der Waals surface area contributed by atoms with E-state index in [1.54, 1.807) is 43.3 Å². The van der Waals surface area contributed by atoms with Gasteiger partial charge in [-0.25, -0.2) is 8.42 Å². The van der Waals surface area contributed by atoms with Crippen LogP contribution >= 0.6 is 0 Å². The molecular formula is C33H35N3O5S. The van der Waals surface area contributed by atoms with E-state index in [1.807, 2.05) is 68.4 Å². The largest absolute Gasteiger partial charge is 0.457 e. The third-order valence-corrected chi connectivity index (χ3v) is 8.63. The number of aryl methyl sites for hydroxylation is 2. The maximum atomic E-state index is 14.0. The predicted octanol–water partition coefficient (Wildman–Crippen LogP) is 5.45. The Hall–Kier alpha value is -4.63. The zero-order valence-corrected chi connectivity index (χ0v) is 25.0. The van der Waals surface area contributed by atoms with Crippen LogP contribution in [0.15, 0.2) is 108 Å². The van der Waals surface area contributed by atoms with Crippen molar-refractivity contribution in [1.82, 2.24) is 10.2 Å². The second-order valence-corrected chi connectivity index (χ2v) is 11.9. The molecule has 1 N–H and O–H groups in total. The highest BCUT2D eigenvalue weighted by molar-refractivity contribution is 7.92. The van der Waals surface area contributed by atoms with Gasteiger partial charge in [0, 0.05) is 13.6 Å². The molecule has 0 aliphatic rings. The number of carbonyl (C=O) groups excluding carboxylic acids is 2. The monoisotopic (exact) mass is 585 g/mol. The highest BCUT2D eigenvalue weighted by Gasteiger charge is 2.32. The van der Waals surface area contributed by atoms with Crippen molar-refractivity contribution in [2.45, 2.75) is 38.3 Å². The van der Waals surface area contributed by atoms with Crippen LogP contribution < -0.4 is 14.4 Å². The van der Waals surface area contributed by atoms with Gasteiger partial charge in [-0.1, -0.05) is 65.7 Å². The normalized spacial score (nSPS) is 11.8. The summed E-state index contributed by atoms with van der Waals surface area (Å²) in [4.78, 5) is 28.0. The maximum absolute atomic E-state index is 14.0. The van der Waals surface area contributed by atoms with Gasteiger partial charge in [-0.3, -0.25) is 13.9 Å². The first-order chi connectivity index (χ1) is 20.1. The number of para-hydroxylation sites is 1. The van der Waals surface area contributed by atoms with Crippen molar-refractivity contribution >= 4 is 27.5 Å². The van der Waals surface area contributed by atoms with E-state index in [2.05, 4.69) is 5.32 Å². The summed E-state index contributed by atoms with van der Waals surface area (Å²) in [6, 6.07) is 29.0. The minimum atomic E-state index is -4.16. The van der Waals surface area contributed by atoms with E-state index >= 15 is 0 Å². The standard InChI is InChI=1S/C33H35N3O5S/c1-24-13-19-31(20-14-24)42(39,40)36(28-15-17-30(18-16-28)41-29-11-6-5-7-12-29)23-32(37)35(26(3)33(38)34-4)22-27-10-8-9-25(2)21-27/h5-21,26H,22-23H2,1-4H3,(H,34,38). The lowest BCUT2D eigenvalue weighted by molar-refractivity contribution is -0.139. The van der Waals surface area contributed by atoms with E-state index in [0.717, 1.165) is 21.0 Å². The molecule has 218 valence electrons. The summed E-state index contributed by atoms with van der Waals surface area (Å²) in [6.07, 6.45) is 0. The number of benzene rings is 4. The molecular weight excluding hydrogens is 550 g/mol. The lowest BCUT2D eigenvalue weighted by Crippen LogP contribution is -2.50. The average Bonchev–Trinajstić information content (AvgIpc) is 2.99. The van der Waals surface area contributed by atoms with Gasteiger partial charge in [0.2, 0.25) is 11.8 Å². The van der Waals surface area contributed by atoms with E-state index in [-0.39, 0.29) is 23.0 Å². The number of nitrogens with one attached hydrogen (secondary N) is 1. The molecule has 4 aromatic rings. The SMILES string of the molecule is CNC(=O)C(C)N(Cc1cccc(C)c1)C(=O)CN(c1ccc(Oc2ccccc2)cc1)S(=O)(=O)c1ccc(C)cc1. The smallest absolute Gasteiger partial charge is 0.264 e. The highest BCUT2D eigenvalue weighted by Crippen LogP contribution is 2.28. The zero-order chi connectivity index (χ0) is 30.3. The number of rotatable bonds is 11. The molecule has 0 bridgehead atoms. The van der Waals surface area contributed by atoms with Gasteiger partial charge >= 0.3 is 0 Å². The molecule has 0 saturated carbocycles. The second kappa shape index (κ2) is 13.4. The van der Waals surface area contributed by atoms with E-state index in [1.165, 1.54) is 24.1 Å². The molecule has 1 unspecified atom stereocenters. The molecule has 0 fully saturated rings. The zero-order valence-electron chi connectivity index (χ0n) is 24.2. The number of hydrogen-bond acceptors (Lipinski definition) is 5. The Balaban J connectivity index is 1.70. The van der Waals surface area contributed by atoms with E-state index in [4.69, 9.17) is 4.74 Å². The van der Waals surface area contributed by atoms with Crippen LogP contribution in [0.5, 0.6) is 11.5 Å². The molecule has 0 aliphatic carbocycles. The van der Waals surface area contributed by atoms with Crippen LogP contribution in [-0.2, 0) is 26.2 Å². The van der Waals surface area contributed by atoms with Crippen LogP contribution in [0.1, 0.15) is 23.6 Å². The number of anilines is 1. The quantitative estimate of drug-likeness (QED) is 0.252. The fourth-order valence-electron chi connectivity index (χ4n) is 4.47. The Labute approximate surface area is 247 Å². The van der Waals surface area contributed by atoms with Gasteiger partial charge in [-0.05, 0) is 74.9 Å². The van der Waals surface area contributed by atoms with E-state index < -0.39 is 28.5 Å². The maximum Gasteiger partial charge on any atom is 0.264 e. The predicted molar refractivity (Wildman–Crippen MR) is 164 cm³/mol. The molecule has 4 aromatic carbocycles. The Bertz CT molecular complexity index is 1620. The minimum absolute atomic E-state index is 0.0510. The van der Waals surface area contributed by atoms with Crippen molar-refractivity contribution in [3.63, 3.8) is 0 Å². The van der Waals surface area contributed by atoms with Crippen LogP contribution in [0.3, 0.4) is 0 Å². The molecule has 0 aromatic heterocycles. The molecule has 0 radical (unpaired) electrons. The number of likely N-dealkylation sites (N-methyl/N-ethyl adjacent to an activating group) is 1. The third-order valence-electron chi connectivity index (χ3n) is 6.84. The van der Waals surface area contributed by atoms with Crippen molar-refractivity contribution in [3.05, 3.63) is 120 Å². The molecule has 8 nitrogen and oxygen atoms in total. The summed E-state index contributed by atoms with van der Waals surface area (Å²) in [5, 5.41) is 2.59. The first kappa shape index (κ1) is 30.3. The molecule has 42 heavy (non-hydrogen) atoms. The molecule has 1 atom stereocenters. The number of sulfonamides is 1. The topological polar surface area (TPSA) is 96.0 Å². The molecule has 0 aliphatic heterocycles. The summed E-state index contributed by atoms with van der Waals surface area (Å²) in [5.41, 5.74) is 3.03. The Morgan fingerprint density at radius 1 is 0.810 bits per heavy atom. The van der Waals surface area contributed by atoms with Crippen molar-refractivity contribution in [2.75, 3.05) is 17.9 Å². The van der Waals surface area contributed by atoms with E-state index in [9.17, 15) is 18.0 Å². The summed E-state index contributed by atoms with van der Waals surface area (Å²) in [5.74, 6) is 0.275. The van der Waals surface area contributed by atoms with Crippen LogP contribution in [0, 0.1) is 13.8 Å². The van der Waals surface area contributed by atoms with Crippen molar-refractivity contribution < 1.29 is 22.7 Å². The summed E-state index contributed by atoms with van der Waals surface area (Å²) < 4.78 is 34.9. The molecule has 2 amide bonds. The Morgan fingerprint density at radius 3 is 2.07 bits per heavy atom. The van der Waals surface area contributed by atoms with Gasteiger partial charge in [0.15, 0.2) is 0 Å². The fraction of sp³-hybridized carbons (Fsp3) is 0.212. The van der Waals surface area contributed by atoms with Crippen LogP contribution in [0.25, 0.3) is 0 Å². The second-order valence-electron chi connectivity index (χ2n) is 10.0. The highest BCUT2D eigenvalue weighted by atomic mass is 32.2. The Kier molecular flexibility index (Phi) is 9.64. The number of carbonyl (C=O) groups is 2. The number of hydrogen-bond donors (Lipinski definition) is 1. The fourth-order valence-corrected chi connectivity index (χ4v) is 5.88. The molecule has 0 saturated heterocycles.